The van der Waals surface area contributed by atoms with Gasteiger partial charge in [-0.1, -0.05) is 41.7 Å². The topological polar surface area (TPSA) is 89.7 Å². The number of amides is 1. The molecule has 0 unspecified atom stereocenters. The molecule has 0 spiro atoms. The highest BCUT2D eigenvalue weighted by Crippen LogP contribution is 2.52. The van der Waals surface area contributed by atoms with Crippen molar-refractivity contribution in [3.8, 4) is 0 Å². The molecule has 2 aromatic rings. The van der Waals surface area contributed by atoms with Gasteiger partial charge in [0.15, 0.2) is 5.70 Å². The molecular formula is C19H14N2O5S2. The molecule has 1 saturated heterocycles. The lowest BCUT2D eigenvalue weighted by Crippen LogP contribution is -2.48. The standard InChI is InChI=1S/C19H14N2O5S2/c22-15-10-16-20(15)17(19(28-16)27-14-4-2-1-3-5-14)18(23)26-11-12-6-8-13(9-7-12)21(24)25/h1-9,16H,10-11H2/t16-/m1/s1. The van der Waals surface area contributed by atoms with Crippen LogP contribution in [0.25, 0.3) is 0 Å². The van der Waals surface area contributed by atoms with Crippen LogP contribution in [0.5, 0.6) is 0 Å². The number of β-lactam (4-membered cyclic amide) rings is 1. The molecule has 0 saturated carbocycles. The van der Waals surface area contributed by atoms with Crippen LogP contribution in [0.15, 0.2) is 69.4 Å². The number of non-ortho nitro benzene ring substituents is 1. The number of benzene rings is 2. The van der Waals surface area contributed by atoms with Gasteiger partial charge in [0.25, 0.3) is 5.69 Å². The molecule has 2 aliphatic rings. The summed E-state index contributed by atoms with van der Waals surface area (Å²) in [6.45, 7) is -0.0268. The molecule has 0 N–H and O–H groups in total. The van der Waals surface area contributed by atoms with Gasteiger partial charge in [0.2, 0.25) is 5.91 Å². The number of rotatable bonds is 6. The van der Waals surface area contributed by atoms with Crippen LogP contribution < -0.4 is 0 Å². The normalized spacial score (nSPS) is 17.9. The second-order valence-electron chi connectivity index (χ2n) is 6.09. The Balaban J connectivity index is 1.50. The fourth-order valence-electron chi connectivity index (χ4n) is 2.81. The van der Waals surface area contributed by atoms with Crippen molar-refractivity contribution in [1.82, 2.24) is 4.90 Å². The lowest BCUT2D eigenvalue weighted by molar-refractivity contribution is -0.384. The third-order valence-corrected chi connectivity index (χ3v) is 6.73. The number of thioether (sulfide) groups is 2. The first-order chi connectivity index (χ1) is 13.5. The van der Waals surface area contributed by atoms with Crippen LogP contribution in [0.2, 0.25) is 0 Å². The van der Waals surface area contributed by atoms with Crippen molar-refractivity contribution in [3.63, 3.8) is 0 Å². The second-order valence-corrected chi connectivity index (χ2v) is 8.62. The van der Waals surface area contributed by atoms with E-state index in [0.717, 1.165) is 9.13 Å². The first-order valence-corrected chi connectivity index (χ1v) is 10.1. The molecule has 142 valence electrons. The van der Waals surface area contributed by atoms with Crippen LogP contribution in [0, 0.1) is 10.1 Å². The van der Waals surface area contributed by atoms with E-state index in [-0.39, 0.29) is 29.3 Å². The molecule has 2 aliphatic heterocycles. The predicted molar refractivity (Wildman–Crippen MR) is 105 cm³/mol. The molecule has 2 aromatic carbocycles. The Labute approximate surface area is 168 Å². The minimum absolute atomic E-state index is 0.0268. The largest absolute Gasteiger partial charge is 0.456 e. The highest BCUT2D eigenvalue weighted by molar-refractivity contribution is 8.22. The highest BCUT2D eigenvalue weighted by Gasteiger charge is 2.49. The SMILES string of the molecule is O=C(OCc1ccc([N+](=O)[O-])cc1)C1=C(Sc2ccccc2)S[C@@H]2CC(=O)N12. The van der Waals surface area contributed by atoms with Gasteiger partial charge in [-0.2, -0.15) is 0 Å². The van der Waals surface area contributed by atoms with E-state index in [0.29, 0.717) is 12.0 Å². The fraction of sp³-hybridized carbons (Fsp3) is 0.158. The molecule has 2 heterocycles. The van der Waals surface area contributed by atoms with Gasteiger partial charge in [-0.25, -0.2) is 4.79 Å². The van der Waals surface area contributed by atoms with Gasteiger partial charge in [0, 0.05) is 17.0 Å². The molecule has 0 bridgehead atoms. The Kier molecular flexibility index (Phi) is 5.10. The summed E-state index contributed by atoms with van der Waals surface area (Å²) in [5.74, 6) is -0.664. The maximum absolute atomic E-state index is 12.7. The summed E-state index contributed by atoms with van der Waals surface area (Å²) in [6, 6.07) is 15.4. The lowest BCUT2D eigenvalue weighted by Gasteiger charge is -2.34. The second kappa shape index (κ2) is 7.69. The van der Waals surface area contributed by atoms with Crippen molar-refractivity contribution in [2.75, 3.05) is 0 Å². The number of hydrogen-bond acceptors (Lipinski definition) is 7. The molecule has 9 heteroatoms. The average molecular weight is 414 g/mol. The molecule has 0 aliphatic carbocycles. The molecule has 7 nitrogen and oxygen atoms in total. The van der Waals surface area contributed by atoms with Gasteiger partial charge in [-0.05, 0) is 29.8 Å². The third kappa shape index (κ3) is 3.63. The number of nitrogens with zero attached hydrogens (tertiary/aromatic N) is 2. The Hall–Kier alpha value is -2.78. The number of carbonyl (C=O) groups is 2. The Morgan fingerprint density at radius 1 is 1.21 bits per heavy atom. The van der Waals surface area contributed by atoms with E-state index < -0.39 is 10.9 Å². The van der Waals surface area contributed by atoms with Crippen LogP contribution in [0.1, 0.15) is 12.0 Å². The van der Waals surface area contributed by atoms with Gasteiger partial charge >= 0.3 is 5.97 Å². The first-order valence-electron chi connectivity index (χ1n) is 8.39. The summed E-state index contributed by atoms with van der Waals surface area (Å²) in [6.07, 6.45) is 0.405. The van der Waals surface area contributed by atoms with E-state index >= 15 is 0 Å². The van der Waals surface area contributed by atoms with E-state index in [4.69, 9.17) is 4.74 Å². The smallest absolute Gasteiger partial charge is 0.357 e. The van der Waals surface area contributed by atoms with Crippen molar-refractivity contribution >= 4 is 41.1 Å². The van der Waals surface area contributed by atoms with Crippen LogP contribution in [-0.4, -0.2) is 27.1 Å². The van der Waals surface area contributed by atoms with Gasteiger partial charge in [-0.15, -0.1) is 0 Å². The van der Waals surface area contributed by atoms with E-state index in [1.165, 1.54) is 40.6 Å². The number of esters is 1. The fourth-order valence-corrected chi connectivity index (χ4v) is 5.50. The quantitative estimate of drug-likeness (QED) is 0.306. The number of ether oxygens (including phenoxy) is 1. The van der Waals surface area contributed by atoms with Crippen molar-refractivity contribution in [1.29, 1.82) is 0 Å². The highest BCUT2D eigenvalue weighted by atomic mass is 32.2. The summed E-state index contributed by atoms with van der Waals surface area (Å²) in [7, 11) is 0. The van der Waals surface area contributed by atoms with Gasteiger partial charge in [0.1, 0.15) is 6.61 Å². The van der Waals surface area contributed by atoms with E-state index in [1.807, 2.05) is 30.3 Å². The number of fused-ring (bicyclic) bond motifs is 1. The monoisotopic (exact) mass is 414 g/mol. The van der Waals surface area contributed by atoms with Gasteiger partial charge in [-0.3, -0.25) is 19.8 Å². The minimum atomic E-state index is -0.570. The van der Waals surface area contributed by atoms with Gasteiger partial charge in [0.05, 0.1) is 21.0 Å². The lowest BCUT2D eigenvalue weighted by atomic mass is 10.2. The summed E-state index contributed by atoms with van der Waals surface area (Å²) in [5.41, 5.74) is 0.886. The summed E-state index contributed by atoms with van der Waals surface area (Å²) < 4.78 is 6.14. The zero-order chi connectivity index (χ0) is 19.7. The number of nitro benzene ring substituents is 1. The average Bonchev–Trinajstić information content (AvgIpc) is 2.99. The molecule has 0 aromatic heterocycles. The van der Waals surface area contributed by atoms with E-state index in [2.05, 4.69) is 0 Å². The molecule has 4 rings (SSSR count). The zero-order valence-corrected chi connectivity index (χ0v) is 16.1. The van der Waals surface area contributed by atoms with Crippen LogP contribution in [0.4, 0.5) is 5.69 Å². The van der Waals surface area contributed by atoms with Crippen LogP contribution in [-0.2, 0) is 20.9 Å². The van der Waals surface area contributed by atoms with Crippen molar-refractivity contribution in [2.24, 2.45) is 0 Å². The Bertz CT molecular complexity index is 976. The Morgan fingerprint density at radius 3 is 2.57 bits per heavy atom. The molecule has 1 atom stereocenters. The van der Waals surface area contributed by atoms with Crippen LogP contribution in [0.3, 0.4) is 0 Å². The summed E-state index contributed by atoms with van der Waals surface area (Å²) in [4.78, 5) is 37.4. The summed E-state index contributed by atoms with van der Waals surface area (Å²) >= 11 is 2.93. The predicted octanol–water partition coefficient (Wildman–Crippen LogP) is 3.90. The molecule has 28 heavy (non-hydrogen) atoms. The third-order valence-electron chi connectivity index (χ3n) is 4.25. The number of nitro groups is 1. The van der Waals surface area contributed by atoms with Crippen molar-refractivity contribution < 1.29 is 19.2 Å². The van der Waals surface area contributed by atoms with Crippen LogP contribution >= 0.6 is 23.5 Å². The number of carbonyl (C=O) groups excluding carboxylic acids is 2. The van der Waals surface area contributed by atoms with Crippen molar-refractivity contribution in [2.45, 2.75) is 23.3 Å². The Morgan fingerprint density at radius 2 is 1.93 bits per heavy atom. The maximum atomic E-state index is 12.7. The molecule has 1 amide bonds. The van der Waals surface area contributed by atoms with Gasteiger partial charge < -0.3 is 4.74 Å². The number of hydrogen-bond donors (Lipinski definition) is 0. The first kappa shape index (κ1) is 18.6. The van der Waals surface area contributed by atoms with Crippen molar-refractivity contribution in [3.05, 3.63) is 80.2 Å². The maximum Gasteiger partial charge on any atom is 0.357 e. The van der Waals surface area contributed by atoms with E-state index in [9.17, 15) is 19.7 Å². The molecular weight excluding hydrogens is 400 g/mol. The minimum Gasteiger partial charge on any atom is -0.456 e. The molecule has 1 fully saturated rings. The molecule has 0 radical (unpaired) electrons. The van der Waals surface area contributed by atoms with E-state index in [1.54, 1.807) is 12.1 Å². The summed E-state index contributed by atoms with van der Waals surface area (Å²) in [5, 5.41) is 10.7. The zero-order valence-electron chi connectivity index (χ0n) is 14.4.